The molecule has 0 fully saturated rings. The van der Waals surface area contributed by atoms with Gasteiger partial charge in [0, 0.05) is 17.1 Å². The normalized spacial score (nSPS) is 12.3. The number of carbonyl (C=O) groups is 3. The first-order valence-corrected chi connectivity index (χ1v) is 12.4. The van der Waals surface area contributed by atoms with Crippen LogP contribution in [0.25, 0.3) is 0 Å². The highest BCUT2D eigenvalue weighted by Gasteiger charge is 2.21. The van der Waals surface area contributed by atoms with E-state index in [4.69, 9.17) is 4.74 Å². The zero-order valence-corrected chi connectivity index (χ0v) is 20.9. The van der Waals surface area contributed by atoms with Crippen molar-refractivity contribution in [3.63, 3.8) is 0 Å². The molecule has 3 rings (SSSR count). The Morgan fingerprint density at radius 2 is 1.54 bits per heavy atom. The lowest BCUT2D eigenvalue weighted by molar-refractivity contribution is -0.129. The SMILES string of the molecule is Cc1ccc(NC(=O)CSc2ccccc2C(=O)O[C@H](C)C(=O)NC[C@@H](C)c2ccccc2)cc1. The maximum atomic E-state index is 12.8. The van der Waals surface area contributed by atoms with E-state index in [2.05, 4.69) is 10.6 Å². The number of amides is 2. The van der Waals surface area contributed by atoms with Gasteiger partial charge in [-0.25, -0.2) is 4.79 Å². The number of rotatable bonds is 10. The number of carbonyl (C=O) groups excluding carboxylic acids is 3. The number of benzene rings is 3. The molecule has 0 saturated heterocycles. The summed E-state index contributed by atoms with van der Waals surface area (Å²) in [7, 11) is 0. The Bertz CT molecular complexity index is 1150. The van der Waals surface area contributed by atoms with Crippen molar-refractivity contribution < 1.29 is 19.1 Å². The first kappa shape index (κ1) is 26.0. The second-order valence-electron chi connectivity index (χ2n) is 8.30. The number of aryl methyl sites for hydroxylation is 1. The van der Waals surface area contributed by atoms with Crippen LogP contribution in [0, 0.1) is 6.92 Å². The number of anilines is 1. The second kappa shape index (κ2) is 12.8. The van der Waals surface area contributed by atoms with E-state index >= 15 is 0 Å². The van der Waals surface area contributed by atoms with Gasteiger partial charge in [-0.2, -0.15) is 0 Å². The van der Waals surface area contributed by atoms with Crippen molar-refractivity contribution >= 4 is 35.2 Å². The molecule has 0 saturated carbocycles. The summed E-state index contributed by atoms with van der Waals surface area (Å²) in [5, 5.41) is 5.69. The summed E-state index contributed by atoms with van der Waals surface area (Å²) >= 11 is 1.24. The van der Waals surface area contributed by atoms with Crippen LogP contribution in [-0.2, 0) is 14.3 Å². The average Bonchev–Trinajstić information content (AvgIpc) is 2.87. The van der Waals surface area contributed by atoms with Crippen LogP contribution in [0.2, 0.25) is 0 Å². The summed E-state index contributed by atoms with van der Waals surface area (Å²) in [5.41, 5.74) is 3.27. The quantitative estimate of drug-likeness (QED) is 0.302. The van der Waals surface area contributed by atoms with E-state index in [-0.39, 0.29) is 23.5 Å². The molecule has 0 aliphatic rings. The molecule has 0 aliphatic heterocycles. The Balaban J connectivity index is 1.52. The fourth-order valence-electron chi connectivity index (χ4n) is 3.31. The van der Waals surface area contributed by atoms with Crippen LogP contribution >= 0.6 is 11.8 Å². The largest absolute Gasteiger partial charge is 0.449 e. The summed E-state index contributed by atoms with van der Waals surface area (Å²) in [6.07, 6.45) is -0.951. The maximum Gasteiger partial charge on any atom is 0.340 e. The summed E-state index contributed by atoms with van der Waals surface area (Å²) in [5.74, 6) is -0.880. The zero-order valence-electron chi connectivity index (χ0n) is 20.1. The van der Waals surface area contributed by atoms with E-state index in [0.717, 1.165) is 16.8 Å². The first-order chi connectivity index (χ1) is 16.8. The van der Waals surface area contributed by atoms with Crippen molar-refractivity contribution in [2.45, 2.75) is 37.7 Å². The van der Waals surface area contributed by atoms with Gasteiger partial charge in [0.15, 0.2) is 6.10 Å². The van der Waals surface area contributed by atoms with Gasteiger partial charge < -0.3 is 15.4 Å². The molecule has 0 aliphatic carbocycles. The molecule has 0 aromatic heterocycles. The molecule has 0 spiro atoms. The fourth-order valence-corrected chi connectivity index (χ4v) is 4.15. The van der Waals surface area contributed by atoms with Crippen LogP contribution < -0.4 is 10.6 Å². The molecule has 0 unspecified atom stereocenters. The topological polar surface area (TPSA) is 84.5 Å². The number of nitrogens with one attached hydrogen (secondary N) is 2. The van der Waals surface area contributed by atoms with E-state index in [1.54, 1.807) is 31.2 Å². The van der Waals surface area contributed by atoms with Gasteiger partial charge in [-0.3, -0.25) is 9.59 Å². The highest BCUT2D eigenvalue weighted by Crippen LogP contribution is 2.24. The third-order valence-corrected chi connectivity index (χ3v) is 6.48. The smallest absolute Gasteiger partial charge is 0.340 e. The van der Waals surface area contributed by atoms with E-state index in [1.165, 1.54) is 11.8 Å². The van der Waals surface area contributed by atoms with E-state index in [9.17, 15) is 14.4 Å². The van der Waals surface area contributed by atoms with Crippen LogP contribution in [0.4, 0.5) is 5.69 Å². The monoisotopic (exact) mass is 490 g/mol. The van der Waals surface area contributed by atoms with Gasteiger partial charge in [-0.15, -0.1) is 11.8 Å². The molecule has 0 heterocycles. The number of ether oxygens (including phenoxy) is 1. The fraction of sp³-hybridized carbons (Fsp3) is 0.250. The number of hydrogen-bond donors (Lipinski definition) is 2. The summed E-state index contributed by atoms with van der Waals surface area (Å²) < 4.78 is 5.43. The molecule has 6 nitrogen and oxygen atoms in total. The van der Waals surface area contributed by atoms with E-state index in [1.807, 2.05) is 68.4 Å². The van der Waals surface area contributed by atoms with Gasteiger partial charge in [0.05, 0.1) is 11.3 Å². The minimum atomic E-state index is -0.951. The molecule has 2 N–H and O–H groups in total. The number of hydrogen-bond acceptors (Lipinski definition) is 5. The molecule has 3 aromatic rings. The summed E-state index contributed by atoms with van der Waals surface area (Å²) in [6.45, 7) is 5.99. The van der Waals surface area contributed by atoms with Gasteiger partial charge in [0.25, 0.3) is 5.91 Å². The molecule has 3 aromatic carbocycles. The number of esters is 1. The van der Waals surface area contributed by atoms with Crippen molar-refractivity contribution in [3.05, 3.63) is 95.6 Å². The number of thioether (sulfide) groups is 1. The third kappa shape index (κ3) is 8.00. The van der Waals surface area contributed by atoms with Crippen molar-refractivity contribution in [2.24, 2.45) is 0 Å². The first-order valence-electron chi connectivity index (χ1n) is 11.5. The van der Waals surface area contributed by atoms with Gasteiger partial charge in [0.1, 0.15) is 0 Å². The van der Waals surface area contributed by atoms with Gasteiger partial charge in [-0.1, -0.05) is 67.1 Å². The van der Waals surface area contributed by atoms with Gasteiger partial charge >= 0.3 is 5.97 Å². The molecular weight excluding hydrogens is 460 g/mol. The maximum absolute atomic E-state index is 12.8. The van der Waals surface area contributed by atoms with Crippen LogP contribution in [0.1, 0.15) is 41.3 Å². The van der Waals surface area contributed by atoms with Crippen molar-refractivity contribution in [1.82, 2.24) is 5.32 Å². The van der Waals surface area contributed by atoms with Crippen LogP contribution in [0.3, 0.4) is 0 Å². The van der Waals surface area contributed by atoms with Crippen LogP contribution in [0.5, 0.6) is 0 Å². The molecule has 2 atom stereocenters. The lowest BCUT2D eigenvalue weighted by atomic mass is 10.0. The van der Waals surface area contributed by atoms with Gasteiger partial charge in [0.2, 0.25) is 5.91 Å². The standard InChI is InChI=1S/C28H30N2O4S/c1-19-13-15-23(16-14-19)30-26(31)18-35-25-12-8-7-11-24(25)28(33)34-21(3)27(32)29-17-20(2)22-9-5-4-6-10-22/h4-16,20-21H,17-18H2,1-3H3,(H,29,32)(H,30,31)/t20-,21-/m1/s1. The third-order valence-electron chi connectivity index (χ3n) is 5.41. The summed E-state index contributed by atoms with van der Waals surface area (Å²) in [6, 6.07) is 24.3. The highest BCUT2D eigenvalue weighted by molar-refractivity contribution is 8.00. The zero-order chi connectivity index (χ0) is 25.2. The molecule has 0 radical (unpaired) electrons. The molecule has 0 bridgehead atoms. The average molecular weight is 491 g/mol. The predicted molar refractivity (Wildman–Crippen MR) is 140 cm³/mol. The second-order valence-corrected chi connectivity index (χ2v) is 9.32. The molecule has 182 valence electrons. The molecular formula is C28H30N2O4S. The lowest BCUT2D eigenvalue weighted by Crippen LogP contribution is -2.37. The Kier molecular flexibility index (Phi) is 9.49. The molecule has 7 heteroatoms. The Morgan fingerprint density at radius 1 is 0.886 bits per heavy atom. The van der Waals surface area contributed by atoms with Crippen molar-refractivity contribution in [2.75, 3.05) is 17.6 Å². The van der Waals surface area contributed by atoms with Crippen LogP contribution in [-0.4, -0.2) is 36.2 Å². The highest BCUT2D eigenvalue weighted by atomic mass is 32.2. The van der Waals surface area contributed by atoms with E-state index < -0.39 is 12.1 Å². The molecule has 2 amide bonds. The predicted octanol–water partition coefficient (Wildman–Crippen LogP) is 5.19. The van der Waals surface area contributed by atoms with Crippen molar-refractivity contribution in [1.29, 1.82) is 0 Å². The van der Waals surface area contributed by atoms with Crippen molar-refractivity contribution in [3.8, 4) is 0 Å². The summed E-state index contributed by atoms with van der Waals surface area (Å²) in [4.78, 5) is 38.2. The minimum Gasteiger partial charge on any atom is -0.449 e. The minimum absolute atomic E-state index is 0.131. The lowest BCUT2D eigenvalue weighted by Gasteiger charge is -2.17. The van der Waals surface area contributed by atoms with E-state index in [0.29, 0.717) is 17.0 Å². The Labute approximate surface area is 210 Å². The molecule has 35 heavy (non-hydrogen) atoms. The Hall–Kier alpha value is -3.58. The Morgan fingerprint density at radius 3 is 2.26 bits per heavy atom. The van der Waals surface area contributed by atoms with Crippen LogP contribution in [0.15, 0.2) is 83.8 Å². The van der Waals surface area contributed by atoms with Gasteiger partial charge in [-0.05, 0) is 49.6 Å².